The Bertz CT molecular complexity index is 598. The molecule has 0 saturated heterocycles. The SMILES string of the molecule is N#Cc1ccc([N+](=O)[O-])c(/C=C/C(=O)O)c1C=O. The molecule has 0 aliphatic heterocycles. The van der Waals surface area contributed by atoms with Crippen LogP contribution in [0.25, 0.3) is 6.08 Å². The molecule has 7 heteroatoms. The van der Waals surface area contributed by atoms with Crippen molar-refractivity contribution in [3.8, 4) is 6.07 Å². The number of nitro groups is 1. The van der Waals surface area contributed by atoms with Crippen LogP contribution in [0.2, 0.25) is 0 Å². The second kappa shape index (κ2) is 5.36. The predicted octanol–water partition coefficient (Wildman–Crippen LogP) is 1.38. The van der Waals surface area contributed by atoms with Crippen molar-refractivity contribution in [3.63, 3.8) is 0 Å². The van der Waals surface area contributed by atoms with E-state index >= 15 is 0 Å². The van der Waals surface area contributed by atoms with Crippen LogP contribution in [0, 0.1) is 21.4 Å². The first kappa shape index (κ1) is 13.1. The summed E-state index contributed by atoms with van der Waals surface area (Å²) in [6.07, 6.45) is 1.87. The molecule has 0 amide bonds. The molecular formula is C11H6N2O5. The largest absolute Gasteiger partial charge is 0.478 e. The first-order valence-electron chi connectivity index (χ1n) is 4.59. The molecule has 0 spiro atoms. The minimum absolute atomic E-state index is 0.0550. The van der Waals surface area contributed by atoms with Gasteiger partial charge in [0, 0.05) is 17.7 Å². The molecule has 1 aromatic rings. The van der Waals surface area contributed by atoms with Gasteiger partial charge >= 0.3 is 5.97 Å². The number of hydrogen-bond donors (Lipinski definition) is 1. The van der Waals surface area contributed by atoms with Crippen molar-refractivity contribution < 1.29 is 19.6 Å². The van der Waals surface area contributed by atoms with Crippen molar-refractivity contribution in [1.82, 2.24) is 0 Å². The van der Waals surface area contributed by atoms with Gasteiger partial charge in [0.15, 0.2) is 6.29 Å². The van der Waals surface area contributed by atoms with Gasteiger partial charge < -0.3 is 5.11 Å². The molecule has 0 bridgehead atoms. The Hall–Kier alpha value is -3.01. The lowest BCUT2D eigenvalue weighted by atomic mass is 10.0. The smallest absolute Gasteiger partial charge is 0.328 e. The number of carbonyl (C=O) groups excluding carboxylic acids is 1. The van der Waals surface area contributed by atoms with Crippen LogP contribution in [0.4, 0.5) is 5.69 Å². The predicted molar refractivity (Wildman–Crippen MR) is 59.9 cm³/mol. The zero-order valence-corrected chi connectivity index (χ0v) is 8.86. The van der Waals surface area contributed by atoms with E-state index in [1.807, 2.05) is 0 Å². The van der Waals surface area contributed by atoms with Gasteiger partial charge in [-0.05, 0) is 12.1 Å². The highest BCUT2D eigenvalue weighted by Crippen LogP contribution is 2.25. The summed E-state index contributed by atoms with van der Waals surface area (Å²) in [5.41, 5.74) is -0.894. The summed E-state index contributed by atoms with van der Waals surface area (Å²) >= 11 is 0. The van der Waals surface area contributed by atoms with Gasteiger partial charge in [0.2, 0.25) is 0 Å². The minimum Gasteiger partial charge on any atom is -0.478 e. The summed E-state index contributed by atoms with van der Waals surface area (Å²) in [5.74, 6) is -1.32. The van der Waals surface area contributed by atoms with Gasteiger partial charge in [-0.1, -0.05) is 0 Å². The topological polar surface area (TPSA) is 121 Å². The molecule has 0 aliphatic carbocycles. The number of carbonyl (C=O) groups is 2. The van der Waals surface area contributed by atoms with E-state index in [-0.39, 0.29) is 23.0 Å². The second-order valence-electron chi connectivity index (χ2n) is 3.12. The van der Waals surface area contributed by atoms with Crippen LogP contribution in [0.1, 0.15) is 21.5 Å². The molecular weight excluding hydrogens is 240 g/mol. The first-order chi connectivity index (χ1) is 8.51. The van der Waals surface area contributed by atoms with Crippen molar-refractivity contribution in [3.05, 3.63) is 45.0 Å². The molecule has 18 heavy (non-hydrogen) atoms. The van der Waals surface area contributed by atoms with Crippen molar-refractivity contribution >= 4 is 24.0 Å². The Labute approximate surface area is 101 Å². The van der Waals surface area contributed by atoms with E-state index in [4.69, 9.17) is 10.4 Å². The molecule has 7 nitrogen and oxygen atoms in total. The van der Waals surface area contributed by atoms with Crippen LogP contribution in [0.5, 0.6) is 0 Å². The van der Waals surface area contributed by atoms with E-state index in [1.165, 1.54) is 0 Å². The summed E-state index contributed by atoms with van der Waals surface area (Å²) in [4.78, 5) is 31.3. The Morgan fingerprint density at radius 2 is 2.11 bits per heavy atom. The fourth-order valence-corrected chi connectivity index (χ4v) is 1.34. The maximum absolute atomic E-state index is 10.9. The van der Waals surface area contributed by atoms with Crippen LogP contribution in [0.15, 0.2) is 18.2 Å². The number of hydrogen-bond acceptors (Lipinski definition) is 5. The minimum atomic E-state index is -1.32. The van der Waals surface area contributed by atoms with Crippen LogP contribution in [0.3, 0.4) is 0 Å². The van der Waals surface area contributed by atoms with Gasteiger partial charge in [-0.25, -0.2) is 4.79 Å². The van der Waals surface area contributed by atoms with Crippen molar-refractivity contribution in [2.24, 2.45) is 0 Å². The maximum Gasteiger partial charge on any atom is 0.328 e. The number of rotatable bonds is 4. The molecule has 0 unspecified atom stereocenters. The van der Waals surface area contributed by atoms with E-state index < -0.39 is 16.6 Å². The Kier molecular flexibility index (Phi) is 3.89. The number of aldehydes is 1. The molecule has 1 N–H and O–H groups in total. The molecule has 0 aliphatic rings. The third-order valence-electron chi connectivity index (χ3n) is 2.09. The number of aliphatic carboxylic acids is 1. The van der Waals surface area contributed by atoms with Crippen LogP contribution >= 0.6 is 0 Å². The fraction of sp³-hybridized carbons (Fsp3) is 0. The molecule has 0 fully saturated rings. The Morgan fingerprint density at radius 1 is 1.44 bits per heavy atom. The standard InChI is InChI=1S/C11H6N2O5/c12-5-7-1-3-10(13(17)18)8(9(7)6-14)2-4-11(15)16/h1-4,6H,(H,15,16)/b4-2+. The van der Waals surface area contributed by atoms with Crippen LogP contribution < -0.4 is 0 Å². The van der Waals surface area contributed by atoms with Crippen molar-refractivity contribution in [2.45, 2.75) is 0 Å². The lowest BCUT2D eigenvalue weighted by molar-refractivity contribution is -0.385. The summed E-state index contributed by atoms with van der Waals surface area (Å²) in [7, 11) is 0. The maximum atomic E-state index is 10.9. The molecule has 0 atom stereocenters. The molecule has 0 aromatic heterocycles. The van der Waals surface area contributed by atoms with Crippen LogP contribution in [-0.2, 0) is 4.79 Å². The summed E-state index contributed by atoms with van der Waals surface area (Å²) in [5, 5.41) is 28.0. The van der Waals surface area contributed by atoms with Gasteiger partial charge in [-0.15, -0.1) is 0 Å². The zero-order chi connectivity index (χ0) is 13.7. The van der Waals surface area contributed by atoms with E-state index in [2.05, 4.69) is 0 Å². The van der Waals surface area contributed by atoms with E-state index in [1.54, 1.807) is 6.07 Å². The summed E-state index contributed by atoms with van der Waals surface area (Å²) in [6.45, 7) is 0. The second-order valence-corrected chi connectivity index (χ2v) is 3.12. The van der Waals surface area contributed by atoms with Gasteiger partial charge in [0.1, 0.15) is 0 Å². The highest BCUT2D eigenvalue weighted by atomic mass is 16.6. The fourth-order valence-electron chi connectivity index (χ4n) is 1.34. The molecule has 1 rings (SSSR count). The molecule has 90 valence electrons. The summed E-state index contributed by atoms with van der Waals surface area (Å²) in [6, 6.07) is 3.89. The number of nitriles is 1. The first-order valence-corrected chi connectivity index (χ1v) is 4.59. The summed E-state index contributed by atoms with van der Waals surface area (Å²) < 4.78 is 0. The van der Waals surface area contributed by atoms with Gasteiger partial charge in [-0.3, -0.25) is 14.9 Å². The van der Waals surface area contributed by atoms with Crippen molar-refractivity contribution in [1.29, 1.82) is 5.26 Å². The van der Waals surface area contributed by atoms with E-state index in [9.17, 15) is 19.7 Å². The molecule has 0 heterocycles. The van der Waals surface area contributed by atoms with Crippen molar-refractivity contribution in [2.75, 3.05) is 0 Å². The van der Waals surface area contributed by atoms with E-state index in [0.29, 0.717) is 6.08 Å². The third kappa shape index (κ3) is 2.56. The average molecular weight is 246 g/mol. The van der Waals surface area contributed by atoms with Gasteiger partial charge in [-0.2, -0.15) is 5.26 Å². The number of benzene rings is 1. The lowest BCUT2D eigenvalue weighted by Crippen LogP contribution is -1.99. The Balaban J connectivity index is 3.59. The normalized spacial score (nSPS) is 9.94. The highest BCUT2D eigenvalue weighted by molar-refractivity contribution is 5.93. The monoisotopic (exact) mass is 246 g/mol. The highest BCUT2D eigenvalue weighted by Gasteiger charge is 2.18. The molecule has 0 radical (unpaired) electrons. The number of nitrogens with zero attached hydrogens (tertiary/aromatic N) is 2. The number of carboxylic acid groups (broad SMARTS) is 1. The average Bonchev–Trinajstić information content (AvgIpc) is 2.34. The zero-order valence-electron chi connectivity index (χ0n) is 8.86. The number of carboxylic acids is 1. The van der Waals surface area contributed by atoms with Gasteiger partial charge in [0.25, 0.3) is 5.69 Å². The molecule has 0 saturated carbocycles. The van der Waals surface area contributed by atoms with Gasteiger partial charge in [0.05, 0.1) is 22.1 Å². The quantitative estimate of drug-likeness (QED) is 0.370. The Morgan fingerprint density at radius 3 is 2.56 bits per heavy atom. The number of nitro benzene ring substituents is 1. The van der Waals surface area contributed by atoms with E-state index in [0.717, 1.165) is 18.2 Å². The van der Waals surface area contributed by atoms with Crippen LogP contribution in [-0.4, -0.2) is 22.3 Å². The molecule has 1 aromatic carbocycles. The third-order valence-corrected chi connectivity index (χ3v) is 2.09. The lowest BCUT2D eigenvalue weighted by Gasteiger charge is -2.02.